The zero-order valence-electron chi connectivity index (χ0n) is 17.1. The molecular formula is C22H30N4O3. The van der Waals surface area contributed by atoms with Crippen LogP contribution in [0.25, 0.3) is 0 Å². The smallest absolute Gasteiger partial charge is 0.325 e. The summed E-state index contributed by atoms with van der Waals surface area (Å²) < 4.78 is 0. The second kappa shape index (κ2) is 8.14. The highest BCUT2D eigenvalue weighted by Gasteiger charge is 2.54. The molecule has 0 unspecified atom stereocenters. The average Bonchev–Trinajstić information content (AvgIpc) is 2.98. The highest BCUT2D eigenvalue weighted by atomic mass is 16.2. The molecule has 0 aliphatic carbocycles. The molecule has 3 aliphatic rings. The number of benzene rings is 1. The Labute approximate surface area is 172 Å². The van der Waals surface area contributed by atoms with Gasteiger partial charge in [0.25, 0.3) is 5.91 Å². The average molecular weight is 399 g/mol. The molecule has 1 N–H and O–H groups in total. The van der Waals surface area contributed by atoms with Crippen LogP contribution < -0.4 is 5.32 Å². The maximum Gasteiger partial charge on any atom is 0.325 e. The van der Waals surface area contributed by atoms with Crippen molar-refractivity contribution in [3.8, 4) is 0 Å². The predicted molar refractivity (Wildman–Crippen MR) is 109 cm³/mol. The van der Waals surface area contributed by atoms with Gasteiger partial charge in [-0.2, -0.15) is 0 Å². The molecule has 4 amide bonds. The number of carbonyl (C=O) groups is 3. The number of likely N-dealkylation sites (tertiary alicyclic amines) is 2. The van der Waals surface area contributed by atoms with Crippen LogP contribution in [0.5, 0.6) is 0 Å². The molecule has 0 atom stereocenters. The highest BCUT2D eigenvalue weighted by Crippen LogP contribution is 2.32. The van der Waals surface area contributed by atoms with E-state index >= 15 is 0 Å². The first-order valence-corrected chi connectivity index (χ1v) is 10.7. The fourth-order valence-electron chi connectivity index (χ4n) is 4.84. The van der Waals surface area contributed by atoms with E-state index in [1.165, 1.54) is 10.5 Å². The van der Waals surface area contributed by atoms with E-state index in [0.717, 1.165) is 26.1 Å². The number of nitrogens with zero attached hydrogens (tertiary/aromatic N) is 3. The third-order valence-corrected chi connectivity index (χ3v) is 6.74. The second-order valence-corrected chi connectivity index (χ2v) is 8.50. The number of hydrogen-bond donors (Lipinski definition) is 1. The maximum absolute atomic E-state index is 13.2. The monoisotopic (exact) mass is 398 g/mol. The third-order valence-electron chi connectivity index (χ3n) is 6.74. The lowest BCUT2D eigenvalue weighted by molar-refractivity contribution is -0.136. The molecule has 1 spiro atoms. The highest BCUT2D eigenvalue weighted by molar-refractivity contribution is 6.07. The molecule has 0 radical (unpaired) electrons. The number of carbonyl (C=O) groups excluding carboxylic acids is 3. The SMILES string of the molecule is CC(=O)N1CCC(N2C(=O)NC3(CCN(CCc4ccccc4)CC3)C2=O)CC1. The Morgan fingerprint density at radius 2 is 1.72 bits per heavy atom. The van der Waals surface area contributed by atoms with Gasteiger partial charge in [-0.25, -0.2) is 4.79 Å². The van der Waals surface area contributed by atoms with E-state index in [1.54, 1.807) is 11.8 Å². The van der Waals surface area contributed by atoms with E-state index in [2.05, 4.69) is 34.5 Å². The minimum atomic E-state index is -0.738. The normalized spacial score (nSPS) is 22.9. The van der Waals surface area contributed by atoms with Gasteiger partial charge in [-0.3, -0.25) is 14.5 Å². The zero-order valence-corrected chi connectivity index (χ0v) is 17.1. The molecule has 156 valence electrons. The lowest BCUT2D eigenvalue weighted by Gasteiger charge is -2.38. The molecule has 4 rings (SSSR count). The summed E-state index contributed by atoms with van der Waals surface area (Å²) in [7, 11) is 0. The van der Waals surface area contributed by atoms with Crippen LogP contribution in [-0.2, 0) is 16.0 Å². The first-order valence-electron chi connectivity index (χ1n) is 10.7. The van der Waals surface area contributed by atoms with Crippen molar-refractivity contribution in [3.05, 3.63) is 35.9 Å². The van der Waals surface area contributed by atoms with Crippen LogP contribution in [0.1, 0.15) is 38.2 Å². The van der Waals surface area contributed by atoms with Gasteiger partial charge in [-0.05, 0) is 37.7 Å². The third kappa shape index (κ3) is 4.01. The van der Waals surface area contributed by atoms with Crippen LogP contribution in [-0.4, -0.2) is 76.8 Å². The van der Waals surface area contributed by atoms with Gasteiger partial charge in [-0.1, -0.05) is 30.3 Å². The summed E-state index contributed by atoms with van der Waals surface area (Å²) >= 11 is 0. The fourth-order valence-corrected chi connectivity index (χ4v) is 4.84. The van der Waals surface area contributed by atoms with Crippen LogP contribution in [0, 0.1) is 0 Å². The Hall–Kier alpha value is -2.41. The van der Waals surface area contributed by atoms with E-state index in [0.29, 0.717) is 38.8 Å². The van der Waals surface area contributed by atoms with Gasteiger partial charge in [-0.15, -0.1) is 0 Å². The van der Waals surface area contributed by atoms with E-state index in [-0.39, 0.29) is 23.9 Å². The molecule has 1 aromatic carbocycles. The van der Waals surface area contributed by atoms with Gasteiger partial charge in [0, 0.05) is 45.7 Å². The van der Waals surface area contributed by atoms with Crippen molar-refractivity contribution in [2.45, 2.75) is 50.6 Å². The summed E-state index contributed by atoms with van der Waals surface area (Å²) in [5, 5.41) is 3.02. The number of piperidine rings is 2. The van der Waals surface area contributed by atoms with Gasteiger partial charge in [0.1, 0.15) is 5.54 Å². The van der Waals surface area contributed by atoms with E-state index in [4.69, 9.17) is 0 Å². The molecule has 0 aromatic heterocycles. The fraction of sp³-hybridized carbons (Fsp3) is 0.591. The van der Waals surface area contributed by atoms with Crippen LogP contribution in [0.4, 0.5) is 4.79 Å². The van der Waals surface area contributed by atoms with Gasteiger partial charge in [0.2, 0.25) is 5.91 Å². The van der Waals surface area contributed by atoms with E-state index < -0.39 is 5.54 Å². The Balaban J connectivity index is 1.32. The van der Waals surface area contributed by atoms with Crippen molar-refractivity contribution < 1.29 is 14.4 Å². The first kappa shape index (κ1) is 19.9. The molecule has 0 bridgehead atoms. The minimum Gasteiger partial charge on any atom is -0.343 e. The van der Waals surface area contributed by atoms with Crippen LogP contribution in [0.2, 0.25) is 0 Å². The van der Waals surface area contributed by atoms with Gasteiger partial charge in [0.15, 0.2) is 0 Å². The standard InChI is InChI=1S/C22H30N4O3/c1-17(27)25-13-8-19(9-14-25)26-20(28)22(23-21(26)29)10-15-24(16-11-22)12-7-18-5-3-2-4-6-18/h2-6,19H,7-16H2,1H3,(H,23,29). The van der Waals surface area contributed by atoms with Gasteiger partial charge >= 0.3 is 6.03 Å². The van der Waals surface area contributed by atoms with Crippen molar-refractivity contribution in [1.82, 2.24) is 20.0 Å². The molecule has 3 heterocycles. The summed E-state index contributed by atoms with van der Waals surface area (Å²) in [5.74, 6) is -0.00789. The Morgan fingerprint density at radius 3 is 2.34 bits per heavy atom. The Bertz CT molecular complexity index is 766. The number of urea groups is 1. The van der Waals surface area contributed by atoms with Crippen molar-refractivity contribution in [2.24, 2.45) is 0 Å². The number of imide groups is 1. The molecule has 3 saturated heterocycles. The Kier molecular flexibility index (Phi) is 5.58. The van der Waals surface area contributed by atoms with Crippen LogP contribution >= 0.6 is 0 Å². The molecular weight excluding hydrogens is 368 g/mol. The summed E-state index contributed by atoms with van der Waals surface area (Å²) in [6, 6.07) is 10.1. The van der Waals surface area contributed by atoms with E-state index in [9.17, 15) is 14.4 Å². The van der Waals surface area contributed by atoms with Crippen molar-refractivity contribution >= 4 is 17.8 Å². The largest absolute Gasteiger partial charge is 0.343 e. The molecule has 1 aromatic rings. The quantitative estimate of drug-likeness (QED) is 0.783. The molecule has 7 nitrogen and oxygen atoms in total. The Morgan fingerprint density at radius 1 is 1.07 bits per heavy atom. The molecule has 7 heteroatoms. The molecule has 29 heavy (non-hydrogen) atoms. The zero-order chi connectivity index (χ0) is 20.4. The van der Waals surface area contributed by atoms with Crippen molar-refractivity contribution in [3.63, 3.8) is 0 Å². The second-order valence-electron chi connectivity index (χ2n) is 8.50. The molecule has 0 saturated carbocycles. The maximum atomic E-state index is 13.2. The first-order chi connectivity index (χ1) is 14.0. The van der Waals surface area contributed by atoms with Crippen molar-refractivity contribution in [1.29, 1.82) is 0 Å². The summed E-state index contributed by atoms with van der Waals surface area (Å²) in [6.45, 7) is 5.38. The topological polar surface area (TPSA) is 73.0 Å². The van der Waals surface area contributed by atoms with E-state index in [1.807, 2.05) is 6.07 Å². The lowest BCUT2D eigenvalue weighted by Crippen LogP contribution is -2.56. The van der Waals surface area contributed by atoms with Gasteiger partial charge < -0.3 is 15.1 Å². The number of nitrogens with one attached hydrogen (secondary N) is 1. The number of amides is 4. The van der Waals surface area contributed by atoms with Crippen molar-refractivity contribution in [2.75, 3.05) is 32.7 Å². The summed E-state index contributed by atoms with van der Waals surface area (Å²) in [4.78, 5) is 43.1. The number of hydrogen-bond acceptors (Lipinski definition) is 4. The lowest BCUT2D eigenvalue weighted by atomic mass is 9.86. The van der Waals surface area contributed by atoms with Gasteiger partial charge in [0.05, 0.1) is 0 Å². The van der Waals surface area contributed by atoms with Crippen LogP contribution in [0.3, 0.4) is 0 Å². The predicted octanol–water partition coefficient (Wildman–Crippen LogP) is 1.63. The molecule has 3 fully saturated rings. The minimum absolute atomic E-state index is 0.0556. The van der Waals surface area contributed by atoms with Crippen LogP contribution in [0.15, 0.2) is 30.3 Å². The summed E-state index contributed by atoms with van der Waals surface area (Å²) in [5.41, 5.74) is 0.582. The number of rotatable bonds is 4. The summed E-state index contributed by atoms with van der Waals surface area (Å²) in [6.07, 6.45) is 3.65. The molecule has 3 aliphatic heterocycles.